The van der Waals surface area contributed by atoms with Gasteiger partial charge in [-0.25, -0.2) is 10.2 Å². The van der Waals surface area contributed by atoms with Crippen LogP contribution in [0.2, 0.25) is 0 Å². The number of aromatic amines is 1. The normalized spacial score (nSPS) is 11.0. The zero-order valence-electron chi connectivity index (χ0n) is 10.4. The summed E-state index contributed by atoms with van der Waals surface area (Å²) in [6.07, 6.45) is 3.84. The minimum absolute atomic E-state index is 0.583. The van der Waals surface area contributed by atoms with Gasteiger partial charge >= 0.3 is 6.09 Å². The predicted octanol–water partition coefficient (Wildman–Crippen LogP) is 2.42. The maximum Gasteiger partial charge on any atom is 0.427 e. The molecule has 0 radical (unpaired) electrons. The van der Waals surface area contributed by atoms with E-state index in [1.54, 1.807) is 6.21 Å². The summed E-state index contributed by atoms with van der Waals surface area (Å²) >= 11 is 0. The molecule has 2 aromatic rings. The summed E-state index contributed by atoms with van der Waals surface area (Å²) in [5, 5.41) is 4.91. The number of ether oxygens (including phenoxy) is 1. The maximum atomic E-state index is 10.8. The molecule has 0 bridgehead atoms. The minimum Gasteiger partial charge on any atom is -0.452 e. The Morgan fingerprint density at radius 1 is 1.56 bits per heavy atom. The van der Waals surface area contributed by atoms with E-state index < -0.39 is 6.09 Å². The first-order chi connectivity index (χ1) is 8.76. The Hall–Kier alpha value is -2.30. The quantitative estimate of drug-likeness (QED) is 0.644. The number of nitrogens with one attached hydrogen (secondary N) is 2. The van der Waals surface area contributed by atoms with Crippen molar-refractivity contribution in [2.24, 2.45) is 5.10 Å². The number of amides is 1. The largest absolute Gasteiger partial charge is 0.452 e. The first kappa shape index (κ1) is 12.2. The average molecular weight is 245 g/mol. The molecule has 0 spiro atoms. The molecule has 5 nitrogen and oxygen atoms in total. The highest BCUT2D eigenvalue weighted by atomic mass is 16.5. The summed E-state index contributed by atoms with van der Waals surface area (Å²) in [6.45, 7) is 2.11. The van der Waals surface area contributed by atoms with E-state index in [2.05, 4.69) is 33.2 Å². The van der Waals surface area contributed by atoms with Gasteiger partial charge in [0, 0.05) is 22.7 Å². The summed E-state index contributed by atoms with van der Waals surface area (Å²) < 4.78 is 4.42. The van der Waals surface area contributed by atoms with Gasteiger partial charge in [0.05, 0.1) is 13.3 Å². The number of methoxy groups -OCH3 is 1. The van der Waals surface area contributed by atoms with Crippen molar-refractivity contribution in [2.75, 3.05) is 7.11 Å². The first-order valence-corrected chi connectivity index (χ1v) is 5.72. The smallest absolute Gasteiger partial charge is 0.427 e. The fourth-order valence-electron chi connectivity index (χ4n) is 1.84. The Kier molecular flexibility index (Phi) is 3.62. The van der Waals surface area contributed by atoms with E-state index in [-0.39, 0.29) is 0 Å². The highest BCUT2D eigenvalue weighted by Crippen LogP contribution is 2.20. The van der Waals surface area contributed by atoms with E-state index in [9.17, 15) is 4.79 Å². The number of hydrogen-bond donors (Lipinski definition) is 2. The summed E-state index contributed by atoms with van der Waals surface area (Å²) in [6, 6.07) is 6.12. The Labute approximate surface area is 105 Å². The molecule has 1 amide bonds. The van der Waals surface area contributed by atoms with Gasteiger partial charge in [0.15, 0.2) is 0 Å². The number of aromatic nitrogens is 1. The lowest BCUT2D eigenvalue weighted by Gasteiger charge is -1.99. The predicted molar refractivity (Wildman–Crippen MR) is 70.8 cm³/mol. The van der Waals surface area contributed by atoms with E-state index >= 15 is 0 Å². The van der Waals surface area contributed by atoms with Crippen LogP contribution in [-0.2, 0) is 11.2 Å². The molecule has 2 N–H and O–H groups in total. The van der Waals surface area contributed by atoms with Gasteiger partial charge in [-0.2, -0.15) is 5.10 Å². The summed E-state index contributed by atoms with van der Waals surface area (Å²) in [7, 11) is 1.30. The van der Waals surface area contributed by atoms with E-state index in [0.717, 1.165) is 22.9 Å². The van der Waals surface area contributed by atoms with Crippen molar-refractivity contribution in [3.63, 3.8) is 0 Å². The first-order valence-electron chi connectivity index (χ1n) is 5.72. The third kappa shape index (κ3) is 2.34. The molecule has 0 aliphatic heterocycles. The van der Waals surface area contributed by atoms with Crippen LogP contribution < -0.4 is 5.43 Å². The molecule has 5 heteroatoms. The molecule has 1 aromatic heterocycles. The van der Waals surface area contributed by atoms with Crippen LogP contribution in [0, 0.1) is 0 Å². The molecule has 0 aliphatic rings. The lowest BCUT2D eigenvalue weighted by Crippen LogP contribution is -2.16. The number of hydrazone groups is 1. The van der Waals surface area contributed by atoms with Gasteiger partial charge in [0.2, 0.25) is 0 Å². The zero-order chi connectivity index (χ0) is 13.0. The van der Waals surface area contributed by atoms with Gasteiger partial charge in [0.25, 0.3) is 0 Å². The number of benzene rings is 1. The molecule has 0 aliphatic carbocycles. The fraction of sp³-hybridized carbons (Fsp3) is 0.231. The second-order valence-corrected chi connectivity index (χ2v) is 3.80. The number of rotatable bonds is 3. The number of carbonyl (C=O) groups excluding carboxylic acids is 1. The van der Waals surface area contributed by atoms with E-state index in [0.29, 0.717) is 0 Å². The number of nitrogens with zero attached hydrogens (tertiary/aromatic N) is 1. The number of hydrogen-bond acceptors (Lipinski definition) is 3. The maximum absolute atomic E-state index is 10.8. The third-order valence-corrected chi connectivity index (χ3v) is 2.76. The molecule has 0 atom stereocenters. The molecule has 1 aromatic carbocycles. The van der Waals surface area contributed by atoms with E-state index in [1.807, 2.05) is 18.3 Å². The van der Waals surface area contributed by atoms with Crippen LogP contribution in [0.15, 0.2) is 29.5 Å². The molecule has 18 heavy (non-hydrogen) atoms. The zero-order valence-corrected chi connectivity index (χ0v) is 10.4. The van der Waals surface area contributed by atoms with Crippen molar-refractivity contribution in [3.8, 4) is 0 Å². The van der Waals surface area contributed by atoms with Gasteiger partial charge < -0.3 is 9.72 Å². The third-order valence-electron chi connectivity index (χ3n) is 2.76. The lowest BCUT2D eigenvalue weighted by atomic mass is 10.1. The molecule has 94 valence electrons. The van der Waals surface area contributed by atoms with Crippen LogP contribution in [0.4, 0.5) is 4.79 Å². The number of aryl methyl sites for hydroxylation is 1. The summed E-state index contributed by atoms with van der Waals surface area (Å²) in [4.78, 5) is 14.1. The van der Waals surface area contributed by atoms with Crippen LogP contribution in [-0.4, -0.2) is 24.4 Å². The molecule has 0 saturated heterocycles. The molecule has 2 rings (SSSR count). The molecule has 0 saturated carbocycles. The molecular formula is C13H15N3O2. The second-order valence-electron chi connectivity index (χ2n) is 3.80. The van der Waals surface area contributed by atoms with Crippen molar-refractivity contribution in [1.29, 1.82) is 0 Å². The van der Waals surface area contributed by atoms with Crippen LogP contribution in [0.25, 0.3) is 10.9 Å². The van der Waals surface area contributed by atoms with Gasteiger partial charge in [-0.15, -0.1) is 0 Å². The summed E-state index contributed by atoms with van der Waals surface area (Å²) in [5.74, 6) is 0. The SMILES string of the molecule is CCc1cccc2c(C=NNC(=O)OC)c[nH]c12. The Balaban J connectivity index is 2.27. The topological polar surface area (TPSA) is 66.5 Å². The van der Waals surface area contributed by atoms with Crippen LogP contribution >= 0.6 is 0 Å². The van der Waals surface area contributed by atoms with Crippen LogP contribution in [0.1, 0.15) is 18.1 Å². The van der Waals surface area contributed by atoms with Gasteiger partial charge in [-0.05, 0) is 12.0 Å². The van der Waals surface area contributed by atoms with Crippen LogP contribution in [0.3, 0.4) is 0 Å². The van der Waals surface area contributed by atoms with Gasteiger partial charge in [0.1, 0.15) is 0 Å². The second kappa shape index (κ2) is 5.35. The van der Waals surface area contributed by atoms with Crippen molar-refractivity contribution in [2.45, 2.75) is 13.3 Å². The monoisotopic (exact) mass is 245 g/mol. The molecule has 0 unspecified atom stereocenters. The number of fused-ring (bicyclic) bond motifs is 1. The van der Waals surface area contributed by atoms with Gasteiger partial charge in [-0.3, -0.25) is 0 Å². The standard InChI is InChI=1S/C13H15N3O2/c1-3-9-5-4-6-11-10(7-14-12(9)11)8-15-16-13(17)18-2/h4-8,14H,3H2,1-2H3,(H,16,17). The van der Waals surface area contributed by atoms with Gasteiger partial charge in [-0.1, -0.05) is 25.1 Å². The van der Waals surface area contributed by atoms with Crippen LogP contribution in [0.5, 0.6) is 0 Å². The van der Waals surface area contributed by atoms with E-state index in [1.165, 1.54) is 12.7 Å². The van der Waals surface area contributed by atoms with E-state index in [4.69, 9.17) is 0 Å². The lowest BCUT2D eigenvalue weighted by molar-refractivity contribution is 0.171. The van der Waals surface area contributed by atoms with Crippen molar-refractivity contribution < 1.29 is 9.53 Å². The van der Waals surface area contributed by atoms with Crippen molar-refractivity contribution >= 4 is 23.2 Å². The highest BCUT2D eigenvalue weighted by molar-refractivity contribution is 6.00. The van der Waals surface area contributed by atoms with Crippen molar-refractivity contribution in [1.82, 2.24) is 10.4 Å². The number of H-pyrrole nitrogens is 1. The molecule has 1 heterocycles. The number of carbonyl (C=O) groups is 1. The minimum atomic E-state index is -0.583. The molecular weight excluding hydrogens is 230 g/mol. The highest BCUT2D eigenvalue weighted by Gasteiger charge is 2.04. The molecule has 0 fully saturated rings. The Bertz CT molecular complexity index is 587. The van der Waals surface area contributed by atoms with Crippen molar-refractivity contribution in [3.05, 3.63) is 35.5 Å². The Morgan fingerprint density at radius 3 is 3.11 bits per heavy atom. The fourth-order valence-corrected chi connectivity index (χ4v) is 1.84. The Morgan fingerprint density at radius 2 is 2.39 bits per heavy atom. The number of para-hydroxylation sites is 1. The average Bonchev–Trinajstić information content (AvgIpc) is 2.82. The summed E-state index contributed by atoms with van der Waals surface area (Å²) in [5.41, 5.74) is 5.55.